The fourth-order valence-electron chi connectivity index (χ4n) is 1.82. The van der Waals surface area contributed by atoms with E-state index < -0.39 is 0 Å². The summed E-state index contributed by atoms with van der Waals surface area (Å²) in [6.45, 7) is 9.08. The lowest BCUT2D eigenvalue weighted by Crippen LogP contribution is -2.28. The summed E-state index contributed by atoms with van der Waals surface area (Å²) in [7, 11) is 1.86. The molecule has 0 bridgehead atoms. The highest BCUT2D eigenvalue weighted by Gasteiger charge is 2.13. The second kappa shape index (κ2) is 8.32. The normalized spacial score (nSPS) is 13.8. The molecule has 0 fully saturated rings. The van der Waals surface area contributed by atoms with Crippen molar-refractivity contribution in [1.29, 1.82) is 0 Å². The van der Waals surface area contributed by atoms with Gasteiger partial charge in [-0.05, 0) is 44.2 Å². The van der Waals surface area contributed by atoms with Crippen molar-refractivity contribution in [2.75, 3.05) is 18.9 Å². The van der Waals surface area contributed by atoms with Gasteiger partial charge in [0.25, 0.3) is 0 Å². The predicted octanol–water partition coefficient (Wildman–Crippen LogP) is 3.68. The molecule has 0 radical (unpaired) electrons. The molecular weight excluding hydrogens is 268 g/mol. The van der Waals surface area contributed by atoms with Crippen LogP contribution in [0.25, 0.3) is 0 Å². The maximum atomic E-state index is 12.0. The summed E-state index contributed by atoms with van der Waals surface area (Å²) in [5.74, 6) is 0.0262. The summed E-state index contributed by atoms with van der Waals surface area (Å²) in [6, 6.07) is 6.24. The molecule has 3 nitrogen and oxygen atoms in total. The van der Waals surface area contributed by atoms with E-state index >= 15 is 0 Å². The van der Waals surface area contributed by atoms with Gasteiger partial charge in [-0.2, -0.15) is 0 Å². The molecule has 4 heteroatoms. The minimum absolute atomic E-state index is 0.0337. The first kappa shape index (κ1) is 17.1. The Kier molecular flexibility index (Phi) is 7.10. The molecule has 0 aliphatic heterocycles. The lowest BCUT2D eigenvalue weighted by atomic mass is 10.1. The topological polar surface area (TPSA) is 41.1 Å². The summed E-state index contributed by atoms with van der Waals surface area (Å²) in [6.07, 6.45) is 1.16. The monoisotopic (exact) mass is 294 g/mol. The molecule has 0 aliphatic carbocycles. The van der Waals surface area contributed by atoms with Gasteiger partial charge in [-0.15, -0.1) is 11.8 Å². The molecular formula is C16H26N2OS. The number of carbonyl (C=O) groups is 1. The van der Waals surface area contributed by atoms with Crippen LogP contribution in [0.3, 0.4) is 0 Å². The van der Waals surface area contributed by atoms with Crippen molar-refractivity contribution in [3.63, 3.8) is 0 Å². The van der Waals surface area contributed by atoms with Crippen LogP contribution in [-0.2, 0) is 4.79 Å². The Hall–Kier alpha value is -1.00. The molecule has 0 spiro atoms. The molecule has 2 unspecified atom stereocenters. The molecule has 0 heterocycles. The summed E-state index contributed by atoms with van der Waals surface area (Å²) in [4.78, 5) is 13.3. The summed E-state index contributed by atoms with van der Waals surface area (Å²) in [5.41, 5.74) is 2.02. The Bertz CT molecular complexity index is 448. The molecule has 0 aromatic heterocycles. The van der Waals surface area contributed by atoms with E-state index in [1.807, 2.05) is 38.7 Å². The van der Waals surface area contributed by atoms with Crippen LogP contribution in [0.4, 0.5) is 5.69 Å². The van der Waals surface area contributed by atoms with Crippen molar-refractivity contribution in [1.82, 2.24) is 5.32 Å². The van der Waals surface area contributed by atoms with E-state index in [0.717, 1.165) is 17.7 Å². The van der Waals surface area contributed by atoms with Gasteiger partial charge in [0.15, 0.2) is 0 Å². The zero-order chi connectivity index (χ0) is 15.1. The van der Waals surface area contributed by atoms with Gasteiger partial charge in [0, 0.05) is 28.3 Å². The molecule has 2 N–H and O–H groups in total. The van der Waals surface area contributed by atoms with Crippen LogP contribution in [0.1, 0.15) is 32.8 Å². The number of carbonyl (C=O) groups excluding carboxylic acids is 1. The number of hydrogen-bond donors (Lipinski definition) is 2. The number of benzene rings is 1. The highest BCUT2D eigenvalue weighted by Crippen LogP contribution is 2.28. The van der Waals surface area contributed by atoms with Crippen LogP contribution in [0.2, 0.25) is 0 Å². The lowest BCUT2D eigenvalue weighted by Gasteiger charge is -2.15. The van der Waals surface area contributed by atoms with Gasteiger partial charge in [-0.1, -0.05) is 20.8 Å². The minimum atomic E-state index is -0.0337. The van der Waals surface area contributed by atoms with Gasteiger partial charge in [0.1, 0.15) is 0 Å². The lowest BCUT2D eigenvalue weighted by molar-refractivity contribution is -0.119. The third-order valence-corrected chi connectivity index (χ3v) is 4.59. The molecule has 0 saturated carbocycles. The van der Waals surface area contributed by atoms with E-state index in [1.54, 1.807) is 0 Å². The number of amides is 1. The van der Waals surface area contributed by atoms with Crippen LogP contribution < -0.4 is 10.6 Å². The van der Waals surface area contributed by atoms with Crippen molar-refractivity contribution in [3.8, 4) is 0 Å². The fourth-order valence-corrected chi connectivity index (χ4v) is 2.84. The van der Waals surface area contributed by atoms with Crippen molar-refractivity contribution in [2.45, 2.75) is 44.3 Å². The smallest absolute Gasteiger partial charge is 0.228 e. The third kappa shape index (κ3) is 5.17. The fraction of sp³-hybridized carbons (Fsp3) is 0.562. The number of nitrogens with one attached hydrogen (secondary N) is 2. The minimum Gasteiger partial charge on any atom is -0.326 e. The van der Waals surface area contributed by atoms with E-state index in [1.165, 1.54) is 4.90 Å². The average molecular weight is 294 g/mol. The van der Waals surface area contributed by atoms with Crippen LogP contribution >= 0.6 is 11.8 Å². The Morgan fingerprint density at radius 1 is 1.35 bits per heavy atom. The third-order valence-electron chi connectivity index (χ3n) is 3.33. The highest BCUT2D eigenvalue weighted by molar-refractivity contribution is 7.99. The number of thioether (sulfide) groups is 1. The zero-order valence-corrected chi connectivity index (χ0v) is 13.9. The number of aryl methyl sites for hydroxylation is 1. The molecule has 1 aromatic carbocycles. The SMILES string of the molecule is CCC(C)Sc1ccc(NC(=O)C(C)CNC)c(C)c1. The number of anilines is 1. The maximum absolute atomic E-state index is 12.0. The van der Waals surface area contributed by atoms with Gasteiger partial charge in [0.05, 0.1) is 0 Å². The van der Waals surface area contributed by atoms with Crippen molar-refractivity contribution >= 4 is 23.4 Å². The first-order chi connectivity index (χ1) is 9.47. The van der Waals surface area contributed by atoms with Gasteiger partial charge in [-0.3, -0.25) is 4.79 Å². The Morgan fingerprint density at radius 3 is 2.60 bits per heavy atom. The molecule has 20 heavy (non-hydrogen) atoms. The van der Waals surface area contributed by atoms with Crippen molar-refractivity contribution in [3.05, 3.63) is 23.8 Å². The molecule has 0 aliphatic rings. The Labute approximate surface area is 126 Å². The Balaban J connectivity index is 2.71. The Morgan fingerprint density at radius 2 is 2.05 bits per heavy atom. The second-order valence-corrected chi connectivity index (χ2v) is 6.77. The highest BCUT2D eigenvalue weighted by atomic mass is 32.2. The quantitative estimate of drug-likeness (QED) is 0.754. The first-order valence-electron chi connectivity index (χ1n) is 7.20. The van der Waals surface area contributed by atoms with E-state index in [0.29, 0.717) is 11.8 Å². The van der Waals surface area contributed by atoms with Crippen LogP contribution in [0, 0.1) is 12.8 Å². The summed E-state index contributed by atoms with van der Waals surface area (Å²) < 4.78 is 0. The van der Waals surface area contributed by atoms with E-state index in [-0.39, 0.29) is 11.8 Å². The van der Waals surface area contributed by atoms with Crippen LogP contribution in [0.15, 0.2) is 23.1 Å². The van der Waals surface area contributed by atoms with Crippen LogP contribution in [0.5, 0.6) is 0 Å². The number of rotatable bonds is 7. The van der Waals surface area contributed by atoms with Gasteiger partial charge in [0.2, 0.25) is 5.91 Å². The van der Waals surface area contributed by atoms with Crippen LogP contribution in [-0.4, -0.2) is 24.7 Å². The molecule has 2 atom stereocenters. The van der Waals surface area contributed by atoms with E-state index in [9.17, 15) is 4.79 Å². The summed E-state index contributed by atoms with van der Waals surface area (Å²) in [5, 5.41) is 6.64. The van der Waals surface area contributed by atoms with E-state index in [4.69, 9.17) is 0 Å². The standard InChI is InChI=1S/C16H26N2OS/c1-6-13(4)20-14-7-8-15(11(2)9-14)18-16(19)12(3)10-17-5/h7-9,12-13,17H,6,10H2,1-5H3,(H,18,19). The average Bonchev–Trinajstić information content (AvgIpc) is 2.41. The second-order valence-electron chi connectivity index (χ2n) is 5.26. The predicted molar refractivity (Wildman–Crippen MR) is 88.5 cm³/mol. The van der Waals surface area contributed by atoms with Gasteiger partial charge in [-0.25, -0.2) is 0 Å². The molecule has 1 rings (SSSR count). The zero-order valence-electron chi connectivity index (χ0n) is 13.1. The van der Waals surface area contributed by atoms with Crippen molar-refractivity contribution < 1.29 is 4.79 Å². The molecule has 1 aromatic rings. The number of hydrogen-bond acceptors (Lipinski definition) is 3. The summed E-state index contributed by atoms with van der Waals surface area (Å²) >= 11 is 1.88. The van der Waals surface area contributed by atoms with E-state index in [2.05, 4.69) is 36.6 Å². The molecule has 112 valence electrons. The molecule has 0 saturated heterocycles. The van der Waals surface area contributed by atoms with Gasteiger partial charge < -0.3 is 10.6 Å². The maximum Gasteiger partial charge on any atom is 0.228 e. The largest absolute Gasteiger partial charge is 0.326 e. The molecule has 1 amide bonds. The van der Waals surface area contributed by atoms with Crippen molar-refractivity contribution in [2.24, 2.45) is 5.92 Å². The van der Waals surface area contributed by atoms with Gasteiger partial charge >= 0.3 is 0 Å². The first-order valence-corrected chi connectivity index (χ1v) is 8.08.